The third kappa shape index (κ3) is 24.8. The second-order valence-corrected chi connectivity index (χ2v) is 7.71. The van der Waals surface area contributed by atoms with Gasteiger partial charge in [-0.3, -0.25) is 4.79 Å². The minimum atomic E-state index is -0.672. The lowest BCUT2D eigenvalue weighted by molar-refractivity contribution is -0.137. The van der Waals surface area contributed by atoms with Gasteiger partial charge >= 0.3 is 5.97 Å². The first kappa shape index (κ1) is 25.8. The van der Waals surface area contributed by atoms with Crippen molar-refractivity contribution in [2.24, 2.45) is 0 Å². The molecule has 156 valence electrons. The van der Waals surface area contributed by atoms with Gasteiger partial charge in [-0.15, -0.1) is 0 Å². The number of unbranched alkanes of at least 4 members (excludes halogenated alkanes) is 16. The van der Waals surface area contributed by atoms with E-state index in [2.05, 4.69) is 24.8 Å². The maximum absolute atomic E-state index is 10.4. The smallest absolute Gasteiger partial charge is 0.303 e. The first-order valence-electron chi connectivity index (χ1n) is 11.6. The SMILES string of the molecule is CCCCCCCCCCCCC#CC=CCCCCCCCCC(=O)O. The van der Waals surface area contributed by atoms with Crippen molar-refractivity contribution in [3.63, 3.8) is 0 Å². The average molecular weight is 377 g/mol. The minimum absolute atomic E-state index is 0.320. The van der Waals surface area contributed by atoms with Gasteiger partial charge in [-0.1, -0.05) is 108 Å². The molecule has 0 unspecified atom stereocenters. The first-order valence-corrected chi connectivity index (χ1v) is 11.6. The van der Waals surface area contributed by atoms with E-state index in [1.807, 2.05) is 6.08 Å². The van der Waals surface area contributed by atoms with Gasteiger partial charge < -0.3 is 5.11 Å². The van der Waals surface area contributed by atoms with E-state index < -0.39 is 5.97 Å². The Morgan fingerprint density at radius 1 is 0.741 bits per heavy atom. The van der Waals surface area contributed by atoms with Crippen LogP contribution in [-0.2, 0) is 4.79 Å². The van der Waals surface area contributed by atoms with Crippen molar-refractivity contribution in [1.29, 1.82) is 0 Å². The van der Waals surface area contributed by atoms with E-state index in [9.17, 15) is 4.79 Å². The Morgan fingerprint density at radius 3 is 1.85 bits per heavy atom. The van der Waals surface area contributed by atoms with Gasteiger partial charge in [0, 0.05) is 12.8 Å². The van der Waals surface area contributed by atoms with Gasteiger partial charge in [0.2, 0.25) is 0 Å². The van der Waals surface area contributed by atoms with Gasteiger partial charge in [-0.2, -0.15) is 0 Å². The Kier molecular flexibility index (Phi) is 21.8. The highest BCUT2D eigenvalue weighted by Crippen LogP contribution is 2.11. The summed E-state index contributed by atoms with van der Waals surface area (Å²) in [5.74, 6) is 5.75. The predicted molar refractivity (Wildman–Crippen MR) is 118 cm³/mol. The fourth-order valence-electron chi connectivity index (χ4n) is 3.22. The number of rotatable bonds is 19. The molecule has 0 bridgehead atoms. The Hall–Kier alpha value is -1.23. The summed E-state index contributed by atoms with van der Waals surface area (Å²) in [7, 11) is 0. The van der Waals surface area contributed by atoms with Crippen molar-refractivity contribution in [3.05, 3.63) is 12.2 Å². The quantitative estimate of drug-likeness (QED) is 0.183. The molecule has 0 aromatic heterocycles. The molecular formula is C25H44O2. The Morgan fingerprint density at radius 2 is 1.26 bits per heavy atom. The molecule has 0 aromatic rings. The molecule has 0 amide bonds. The summed E-state index contributed by atoms with van der Waals surface area (Å²) in [5, 5.41) is 8.56. The highest BCUT2D eigenvalue weighted by Gasteiger charge is 1.96. The molecule has 0 saturated heterocycles. The summed E-state index contributed by atoms with van der Waals surface area (Å²) in [6.45, 7) is 2.27. The summed E-state index contributed by atoms with van der Waals surface area (Å²) in [6, 6.07) is 0. The Balaban J connectivity index is 3.21. The zero-order valence-electron chi connectivity index (χ0n) is 17.9. The molecule has 2 nitrogen and oxygen atoms in total. The Labute approximate surface area is 169 Å². The van der Waals surface area contributed by atoms with Crippen LogP contribution in [-0.4, -0.2) is 11.1 Å². The van der Waals surface area contributed by atoms with Gasteiger partial charge in [0.15, 0.2) is 0 Å². The largest absolute Gasteiger partial charge is 0.481 e. The van der Waals surface area contributed by atoms with Gasteiger partial charge in [0.1, 0.15) is 0 Å². The molecule has 0 radical (unpaired) electrons. The molecule has 0 aromatic carbocycles. The zero-order valence-corrected chi connectivity index (χ0v) is 17.9. The lowest BCUT2D eigenvalue weighted by atomic mass is 10.1. The molecule has 0 aliphatic rings. The van der Waals surface area contributed by atoms with E-state index in [0.717, 1.165) is 32.1 Å². The van der Waals surface area contributed by atoms with Crippen LogP contribution in [0.4, 0.5) is 0 Å². The number of carboxylic acids is 1. The van der Waals surface area contributed by atoms with Crippen LogP contribution in [0.3, 0.4) is 0 Å². The maximum atomic E-state index is 10.4. The number of carboxylic acid groups (broad SMARTS) is 1. The van der Waals surface area contributed by atoms with Crippen LogP contribution in [0, 0.1) is 11.8 Å². The van der Waals surface area contributed by atoms with Crippen molar-refractivity contribution in [1.82, 2.24) is 0 Å². The monoisotopic (exact) mass is 376 g/mol. The molecule has 2 heteroatoms. The van der Waals surface area contributed by atoms with Gasteiger partial charge in [-0.25, -0.2) is 0 Å². The van der Waals surface area contributed by atoms with Gasteiger partial charge in [-0.05, 0) is 31.8 Å². The molecule has 0 aliphatic carbocycles. The van der Waals surface area contributed by atoms with Crippen LogP contribution in [0.25, 0.3) is 0 Å². The molecule has 0 saturated carbocycles. The second-order valence-electron chi connectivity index (χ2n) is 7.71. The fourth-order valence-corrected chi connectivity index (χ4v) is 3.22. The molecule has 0 heterocycles. The number of aliphatic carboxylic acids is 1. The normalized spacial score (nSPS) is 10.9. The summed E-state index contributed by atoms with van der Waals surface area (Å²) < 4.78 is 0. The van der Waals surface area contributed by atoms with Gasteiger partial charge in [0.05, 0.1) is 0 Å². The fraction of sp³-hybridized carbons (Fsp3) is 0.800. The molecule has 0 atom stereocenters. The molecular weight excluding hydrogens is 332 g/mol. The molecule has 0 spiro atoms. The molecule has 27 heavy (non-hydrogen) atoms. The van der Waals surface area contributed by atoms with E-state index in [0.29, 0.717) is 6.42 Å². The van der Waals surface area contributed by atoms with Crippen molar-refractivity contribution >= 4 is 5.97 Å². The van der Waals surface area contributed by atoms with E-state index in [-0.39, 0.29) is 0 Å². The van der Waals surface area contributed by atoms with Crippen LogP contribution in [0.2, 0.25) is 0 Å². The lowest BCUT2D eigenvalue weighted by Crippen LogP contribution is -1.93. The minimum Gasteiger partial charge on any atom is -0.481 e. The third-order valence-corrected chi connectivity index (χ3v) is 4.97. The van der Waals surface area contributed by atoms with E-state index in [4.69, 9.17) is 5.11 Å². The predicted octanol–water partition coefficient (Wildman–Crippen LogP) is 8.06. The molecule has 0 rings (SSSR count). The number of hydrogen-bond donors (Lipinski definition) is 1. The number of carbonyl (C=O) groups is 1. The molecule has 0 aliphatic heterocycles. The first-order chi connectivity index (χ1) is 13.3. The van der Waals surface area contributed by atoms with Crippen LogP contribution in [0.1, 0.15) is 129 Å². The van der Waals surface area contributed by atoms with Crippen molar-refractivity contribution in [3.8, 4) is 11.8 Å². The van der Waals surface area contributed by atoms with Gasteiger partial charge in [0.25, 0.3) is 0 Å². The van der Waals surface area contributed by atoms with Crippen LogP contribution in [0.5, 0.6) is 0 Å². The van der Waals surface area contributed by atoms with Crippen LogP contribution in [0.15, 0.2) is 12.2 Å². The van der Waals surface area contributed by atoms with E-state index in [1.165, 1.54) is 83.5 Å². The van der Waals surface area contributed by atoms with Crippen molar-refractivity contribution in [2.75, 3.05) is 0 Å². The number of hydrogen-bond acceptors (Lipinski definition) is 1. The van der Waals surface area contributed by atoms with Crippen molar-refractivity contribution < 1.29 is 9.90 Å². The summed E-state index contributed by atoms with van der Waals surface area (Å²) >= 11 is 0. The summed E-state index contributed by atoms with van der Waals surface area (Å²) in [5.41, 5.74) is 0. The standard InChI is InChI=1S/C25H44O2/c1-2-3-4-5-6-7-8-9-10-11-12-13-14-15-16-17-18-19-20-21-22-23-24-25(26)27/h15-16H,2-12,17-24H2,1H3,(H,26,27). The molecule has 0 fully saturated rings. The zero-order chi connectivity index (χ0) is 19.8. The van der Waals surface area contributed by atoms with E-state index in [1.54, 1.807) is 0 Å². The lowest BCUT2D eigenvalue weighted by Gasteiger charge is -2.00. The topological polar surface area (TPSA) is 37.3 Å². The van der Waals surface area contributed by atoms with Crippen LogP contribution < -0.4 is 0 Å². The van der Waals surface area contributed by atoms with Crippen molar-refractivity contribution in [2.45, 2.75) is 129 Å². The molecule has 1 N–H and O–H groups in total. The van der Waals surface area contributed by atoms with Crippen LogP contribution >= 0.6 is 0 Å². The number of allylic oxidation sites excluding steroid dienone is 2. The maximum Gasteiger partial charge on any atom is 0.303 e. The second kappa shape index (κ2) is 22.8. The average Bonchev–Trinajstić information content (AvgIpc) is 2.65. The third-order valence-electron chi connectivity index (χ3n) is 4.97. The van der Waals surface area contributed by atoms with E-state index >= 15 is 0 Å². The highest BCUT2D eigenvalue weighted by molar-refractivity contribution is 5.66. The summed E-state index contributed by atoms with van der Waals surface area (Å²) in [4.78, 5) is 10.4. The Bertz CT molecular complexity index is 400. The summed E-state index contributed by atoms with van der Waals surface area (Å²) in [6.07, 6.45) is 27.2. The highest BCUT2D eigenvalue weighted by atomic mass is 16.4.